The van der Waals surface area contributed by atoms with E-state index in [1.54, 1.807) is 18.9 Å². The molecule has 1 heterocycles. The third-order valence-electron chi connectivity index (χ3n) is 3.79. The number of nitrogens with zero attached hydrogens (tertiary/aromatic N) is 1. The summed E-state index contributed by atoms with van der Waals surface area (Å²) in [5, 5.41) is 10.0. The van der Waals surface area contributed by atoms with Crippen LogP contribution >= 0.6 is 0 Å². The van der Waals surface area contributed by atoms with E-state index in [0.29, 0.717) is 19.4 Å². The molecule has 0 aromatic heterocycles. The monoisotopic (exact) mass is 277 g/mol. The van der Waals surface area contributed by atoms with Gasteiger partial charge in [-0.15, -0.1) is 0 Å². The van der Waals surface area contributed by atoms with Gasteiger partial charge in [0.05, 0.1) is 12.7 Å². The Kier molecular flexibility index (Phi) is 4.65. The topological polar surface area (TPSA) is 49.8 Å². The summed E-state index contributed by atoms with van der Waals surface area (Å²) in [6.07, 6.45) is 2.82. The predicted molar refractivity (Wildman–Crippen MR) is 77.8 cm³/mol. The number of amides is 1. The van der Waals surface area contributed by atoms with Crippen LogP contribution in [0.15, 0.2) is 24.3 Å². The van der Waals surface area contributed by atoms with Crippen molar-refractivity contribution in [3.63, 3.8) is 0 Å². The first-order chi connectivity index (χ1) is 9.50. The average molecular weight is 277 g/mol. The van der Waals surface area contributed by atoms with Crippen molar-refractivity contribution in [2.75, 3.05) is 20.2 Å². The highest BCUT2D eigenvalue weighted by molar-refractivity contribution is 5.76. The number of ether oxygens (including phenoxy) is 1. The maximum absolute atomic E-state index is 12.2. The van der Waals surface area contributed by atoms with Gasteiger partial charge >= 0.3 is 0 Å². The van der Waals surface area contributed by atoms with Crippen LogP contribution in [0.4, 0.5) is 0 Å². The number of benzene rings is 1. The second-order valence-electron chi connectivity index (χ2n) is 5.77. The van der Waals surface area contributed by atoms with Gasteiger partial charge in [0.2, 0.25) is 5.91 Å². The lowest BCUT2D eigenvalue weighted by molar-refractivity contribution is -0.137. The van der Waals surface area contributed by atoms with Crippen LogP contribution in [0.2, 0.25) is 0 Å². The highest BCUT2D eigenvalue weighted by Gasteiger charge is 2.30. The number of likely N-dealkylation sites (tertiary alicyclic amines) is 1. The molecule has 4 nitrogen and oxygen atoms in total. The van der Waals surface area contributed by atoms with Gasteiger partial charge in [-0.1, -0.05) is 12.1 Å². The lowest BCUT2D eigenvalue weighted by Crippen LogP contribution is -2.48. The zero-order valence-corrected chi connectivity index (χ0v) is 12.3. The van der Waals surface area contributed by atoms with E-state index in [4.69, 9.17) is 4.74 Å². The molecule has 2 rings (SSSR count). The quantitative estimate of drug-likeness (QED) is 0.916. The van der Waals surface area contributed by atoms with Crippen molar-refractivity contribution in [3.8, 4) is 5.75 Å². The summed E-state index contributed by atoms with van der Waals surface area (Å²) in [7, 11) is 1.64. The number of hydrogen-bond acceptors (Lipinski definition) is 3. The molecule has 110 valence electrons. The van der Waals surface area contributed by atoms with E-state index in [1.165, 1.54) is 0 Å². The molecule has 0 radical (unpaired) electrons. The zero-order valence-electron chi connectivity index (χ0n) is 12.3. The first-order valence-corrected chi connectivity index (χ1v) is 7.13. The largest absolute Gasteiger partial charge is 0.497 e. The Hall–Kier alpha value is -1.55. The van der Waals surface area contributed by atoms with E-state index >= 15 is 0 Å². The highest BCUT2D eigenvalue weighted by Crippen LogP contribution is 2.21. The minimum atomic E-state index is -0.732. The molecule has 1 aromatic carbocycles. The fourth-order valence-electron chi connectivity index (χ4n) is 2.67. The molecule has 0 saturated carbocycles. The molecule has 0 spiro atoms. The molecule has 1 N–H and O–H groups in total. The van der Waals surface area contributed by atoms with Gasteiger partial charge in [-0.05, 0) is 43.9 Å². The molecule has 1 aliphatic rings. The van der Waals surface area contributed by atoms with Crippen molar-refractivity contribution in [2.24, 2.45) is 0 Å². The molecule has 1 atom stereocenters. The normalized spacial score (nSPS) is 22.6. The van der Waals surface area contributed by atoms with Crippen LogP contribution in [0.5, 0.6) is 5.75 Å². The molecule has 1 amide bonds. The van der Waals surface area contributed by atoms with E-state index < -0.39 is 5.60 Å². The molecule has 20 heavy (non-hydrogen) atoms. The van der Waals surface area contributed by atoms with Crippen molar-refractivity contribution in [3.05, 3.63) is 29.8 Å². The van der Waals surface area contributed by atoms with Gasteiger partial charge in [0.15, 0.2) is 0 Å². The fourth-order valence-corrected chi connectivity index (χ4v) is 2.67. The Balaban J connectivity index is 1.88. The number of carbonyl (C=O) groups is 1. The third kappa shape index (κ3) is 3.97. The molecule has 0 bridgehead atoms. The summed E-state index contributed by atoms with van der Waals surface area (Å²) in [5.74, 6) is 0.934. The zero-order chi connectivity index (χ0) is 14.6. The number of methoxy groups -OCH3 is 1. The van der Waals surface area contributed by atoms with Crippen molar-refractivity contribution < 1.29 is 14.6 Å². The van der Waals surface area contributed by atoms with Crippen molar-refractivity contribution in [1.29, 1.82) is 0 Å². The van der Waals surface area contributed by atoms with Crippen molar-refractivity contribution in [2.45, 2.75) is 38.2 Å². The van der Waals surface area contributed by atoms with Crippen LogP contribution < -0.4 is 4.74 Å². The van der Waals surface area contributed by atoms with Crippen molar-refractivity contribution >= 4 is 5.91 Å². The standard InChI is InChI=1S/C16H23NO3/c1-16(19)9-4-10-17(12-16)15(18)8-7-13-5-3-6-14(11-13)20-2/h3,5-6,11,19H,4,7-10,12H2,1-2H3. The lowest BCUT2D eigenvalue weighted by Gasteiger charge is -2.36. The van der Waals surface area contributed by atoms with Crippen molar-refractivity contribution in [1.82, 2.24) is 4.90 Å². The van der Waals surface area contributed by atoms with Crippen LogP contribution in [0.25, 0.3) is 0 Å². The van der Waals surface area contributed by atoms with E-state index in [9.17, 15) is 9.90 Å². The fraction of sp³-hybridized carbons (Fsp3) is 0.562. The van der Waals surface area contributed by atoms with Crippen LogP contribution in [0.1, 0.15) is 31.7 Å². The summed E-state index contributed by atoms with van der Waals surface area (Å²) in [6, 6.07) is 7.79. The van der Waals surface area contributed by atoms with Gasteiger partial charge in [0, 0.05) is 19.5 Å². The van der Waals surface area contributed by atoms with Gasteiger partial charge in [-0.25, -0.2) is 0 Å². The molecule has 1 fully saturated rings. The summed E-state index contributed by atoms with van der Waals surface area (Å²) in [6.45, 7) is 3.01. The Labute approximate surface area is 120 Å². The third-order valence-corrected chi connectivity index (χ3v) is 3.79. The molecule has 1 aromatic rings. The second kappa shape index (κ2) is 6.27. The maximum Gasteiger partial charge on any atom is 0.222 e. The van der Waals surface area contributed by atoms with Crippen LogP contribution in [-0.2, 0) is 11.2 Å². The maximum atomic E-state index is 12.2. The van der Waals surface area contributed by atoms with E-state index in [1.807, 2.05) is 24.3 Å². The van der Waals surface area contributed by atoms with Crippen LogP contribution in [0.3, 0.4) is 0 Å². The van der Waals surface area contributed by atoms with Gasteiger partial charge < -0.3 is 14.7 Å². The number of piperidine rings is 1. The molecule has 0 aliphatic carbocycles. The first kappa shape index (κ1) is 14.9. The number of β-amino-alcohol motifs (C(OH)–C–C–N with tert-alkyl or cyclic N) is 1. The number of aliphatic hydroxyl groups is 1. The first-order valence-electron chi connectivity index (χ1n) is 7.13. The Morgan fingerprint density at radius 3 is 3.00 bits per heavy atom. The number of carbonyl (C=O) groups excluding carboxylic acids is 1. The highest BCUT2D eigenvalue weighted by atomic mass is 16.5. The number of aryl methyl sites for hydroxylation is 1. The Morgan fingerprint density at radius 1 is 1.50 bits per heavy atom. The average Bonchev–Trinajstić information content (AvgIpc) is 2.44. The predicted octanol–water partition coefficient (Wildman–Crippen LogP) is 2.00. The van der Waals surface area contributed by atoms with Gasteiger partial charge in [0.25, 0.3) is 0 Å². The Bertz CT molecular complexity index is 471. The smallest absolute Gasteiger partial charge is 0.222 e. The van der Waals surface area contributed by atoms with Gasteiger partial charge in [0.1, 0.15) is 5.75 Å². The Morgan fingerprint density at radius 2 is 2.30 bits per heavy atom. The minimum absolute atomic E-state index is 0.118. The van der Waals surface area contributed by atoms with Crippen LogP contribution in [-0.4, -0.2) is 41.7 Å². The van der Waals surface area contributed by atoms with E-state index in [0.717, 1.165) is 30.7 Å². The minimum Gasteiger partial charge on any atom is -0.497 e. The molecular formula is C16H23NO3. The number of rotatable bonds is 4. The van der Waals surface area contributed by atoms with Gasteiger partial charge in [-0.2, -0.15) is 0 Å². The molecular weight excluding hydrogens is 254 g/mol. The summed E-state index contributed by atoms with van der Waals surface area (Å²) in [4.78, 5) is 14.0. The second-order valence-corrected chi connectivity index (χ2v) is 5.77. The summed E-state index contributed by atoms with van der Waals surface area (Å²) < 4.78 is 5.18. The van der Waals surface area contributed by atoms with Gasteiger partial charge in [-0.3, -0.25) is 4.79 Å². The van der Waals surface area contributed by atoms with E-state index in [-0.39, 0.29) is 5.91 Å². The molecule has 4 heteroatoms. The summed E-state index contributed by atoms with van der Waals surface area (Å²) >= 11 is 0. The summed E-state index contributed by atoms with van der Waals surface area (Å²) in [5.41, 5.74) is 0.366. The van der Waals surface area contributed by atoms with Crippen LogP contribution in [0, 0.1) is 0 Å². The molecule has 1 aliphatic heterocycles. The van der Waals surface area contributed by atoms with E-state index in [2.05, 4.69) is 0 Å². The number of hydrogen-bond donors (Lipinski definition) is 1. The lowest BCUT2D eigenvalue weighted by atomic mass is 9.95. The SMILES string of the molecule is COc1cccc(CCC(=O)N2CCCC(C)(O)C2)c1. The molecule has 1 unspecified atom stereocenters. The molecule has 1 saturated heterocycles.